The summed E-state index contributed by atoms with van der Waals surface area (Å²) < 4.78 is 28.1. The summed E-state index contributed by atoms with van der Waals surface area (Å²) in [5.41, 5.74) is -0.0941. The smallest absolute Gasteiger partial charge is 0.355 e. The number of hydrogen-bond acceptors (Lipinski definition) is 6. The van der Waals surface area contributed by atoms with Crippen LogP contribution in [0.15, 0.2) is 29.4 Å². The maximum Gasteiger partial charge on any atom is 0.355 e. The van der Waals surface area contributed by atoms with Crippen LogP contribution in [0.25, 0.3) is 0 Å². The van der Waals surface area contributed by atoms with Gasteiger partial charge in [0.1, 0.15) is 4.90 Å². The van der Waals surface area contributed by atoms with Gasteiger partial charge in [-0.2, -0.15) is 0 Å². The zero-order chi connectivity index (χ0) is 15.5. The van der Waals surface area contributed by atoms with E-state index in [1.807, 2.05) is 6.92 Å². The third kappa shape index (κ3) is 3.41. The number of sulfonamides is 1. The van der Waals surface area contributed by atoms with Gasteiger partial charge in [-0.05, 0) is 19.1 Å². The lowest BCUT2D eigenvalue weighted by atomic mass is 10.3. The minimum absolute atomic E-state index is 0.0870. The Morgan fingerprint density at radius 3 is 2.86 bits per heavy atom. The predicted octanol–water partition coefficient (Wildman–Crippen LogP) is -0.130. The van der Waals surface area contributed by atoms with E-state index in [1.165, 1.54) is 18.3 Å². The van der Waals surface area contributed by atoms with Crippen LogP contribution in [0.4, 0.5) is 0 Å². The first kappa shape index (κ1) is 15.1. The number of nitrogens with one attached hydrogen (secondary N) is 1. The predicted molar refractivity (Wildman–Crippen MR) is 70.9 cm³/mol. The van der Waals surface area contributed by atoms with Crippen LogP contribution in [0.5, 0.6) is 0 Å². The molecule has 0 saturated heterocycles. The Kier molecular flexibility index (Phi) is 4.29. The van der Waals surface area contributed by atoms with Crippen LogP contribution >= 0.6 is 0 Å². The van der Waals surface area contributed by atoms with Crippen molar-refractivity contribution >= 4 is 16.0 Å². The minimum atomic E-state index is -4.00. The van der Waals surface area contributed by atoms with Gasteiger partial charge in [0.05, 0.1) is 12.2 Å². The summed E-state index contributed by atoms with van der Waals surface area (Å²) in [6.45, 7) is 2.40. The Bertz CT molecular complexity index is 755. The molecule has 10 heteroatoms. The van der Waals surface area contributed by atoms with Crippen molar-refractivity contribution in [3.05, 3.63) is 35.9 Å². The van der Waals surface area contributed by atoms with E-state index in [-0.39, 0.29) is 11.4 Å². The molecule has 21 heavy (non-hydrogen) atoms. The Morgan fingerprint density at radius 2 is 2.24 bits per heavy atom. The SMILES string of the molecule is CCn1cc(CNS(=O)(=O)c2cccnc2C(=O)O)nn1. The highest BCUT2D eigenvalue weighted by Gasteiger charge is 2.23. The number of carboxylic acid groups (broad SMARTS) is 1. The van der Waals surface area contributed by atoms with Crippen molar-refractivity contribution in [2.75, 3.05) is 0 Å². The lowest BCUT2D eigenvalue weighted by Crippen LogP contribution is -2.25. The highest BCUT2D eigenvalue weighted by molar-refractivity contribution is 7.89. The molecule has 0 saturated carbocycles. The summed E-state index contributed by atoms with van der Waals surface area (Å²) >= 11 is 0. The molecule has 0 atom stereocenters. The highest BCUT2D eigenvalue weighted by Crippen LogP contribution is 2.13. The zero-order valence-electron chi connectivity index (χ0n) is 11.1. The van der Waals surface area contributed by atoms with E-state index in [9.17, 15) is 13.2 Å². The summed E-state index contributed by atoms with van der Waals surface area (Å²) in [6, 6.07) is 2.54. The van der Waals surface area contributed by atoms with Crippen LogP contribution in [0.2, 0.25) is 0 Å². The maximum atomic E-state index is 12.1. The monoisotopic (exact) mass is 311 g/mol. The van der Waals surface area contributed by atoms with Crippen LogP contribution in [-0.4, -0.2) is 39.5 Å². The second-order valence-electron chi connectivity index (χ2n) is 4.05. The van der Waals surface area contributed by atoms with Crippen molar-refractivity contribution in [2.45, 2.75) is 24.9 Å². The van der Waals surface area contributed by atoms with Gasteiger partial charge in [0.15, 0.2) is 5.69 Å². The van der Waals surface area contributed by atoms with Gasteiger partial charge in [-0.15, -0.1) is 5.10 Å². The van der Waals surface area contributed by atoms with E-state index in [2.05, 4.69) is 20.0 Å². The number of aromatic carboxylic acids is 1. The fraction of sp³-hybridized carbons (Fsp3) is 0.273. The molecule has 0 aromatic carbocycles. The second-order valence-corrected chi connectivity index (χ2v) is 5.78. The molecule has 2 N–H and O–H groups in total. The molecule has 2 rings (SSSR count). The van der Waals surface area contributed by atoms with E-state index in [4.69, 9.17) is 5.11 Å². The first-order chi connectivity index (χ1) is 9.94. The van der Waals surface area contributed by atoms with E-state index in [0.29, 0.717) is 12.2 Å². The molecule has 2 aromatic heterocycles. The molecule has 0 spiro atoms. The molecule has 112 valence electrons. The van der Waals surface area contributed by atoms with Crippen LogP contribution in [0.3, 0.4) is 0 Å². The lowest BCUT2D eigenvalue weighted by Gasteiger charge is -2.07. The third-order valence-electron chi connectivity index (χ3n) is 2.62. The van der Waals surface area contributed by atoms with Crippen molar-refractivity contribution in [1.29, 1.82) is 0 Å². The first-order valence-electron chi connectivity index (χ1n) is 6.01. The van der Waals surface area contributed by atoms with Crippen LogP contribution in [0, 0.1) is 0 Å². The molecule has 2 heterocycles. The molecule has 9 nitrogen and oxygen atoms in total. The Balaban J connectivity index is 2.21. The average molecular weight is 311 g/mol. The lowest BCUT2D eigenvalue weighted by molar-refractivity contribution is 0.0685. The van der Waals surface area contributed by atoms with Crippen molar-refractivity contribution in [1.82, 2.24) is 24.7 Å². The fourth-order valence-corrected chi connectivity index (χ4v) is 2.73. The van der Waals surface area contributed by atoms with Crippen LogP contribution < -0.4 is 4.72 Å². The van der Waals surface area contributed by atoms with Crippen molar-refractivity contribution < 1.29 is 18.3 Å². The zero-order valence-corrected chi connectivity index (χ0v) is 11.9. The standard InChI is InChI=1S/C11H13N5O4S/c1-2-16-7-8(14-15-16)6-13-21(19,20)9-4-3-5-12-10(9)11(17)18/h3-5,7,13H,2,6H2,1H3,(H,17,18). The summed E-state index contributed by atoms with van der Waals surface area (Å²) in [4.78, 5) is 14.2. The van der Waals surface area contributed by atoms with Crippen LogP contribution in [-0.2, 0) is 23.1 Å². The van der Waals surface area contributed by atoms with E-state index in [1.54, 1.807) is 10.9 Å². The Morgan fingerprint density at radius 1 is 1.48 bits per heavy atom. The second kappa shape index (κ2) is 5.97. The normalized spacial score (nSPS) is 11.5. The van der Waals surface area contributed by atoms with Gasteiger partial charge in [0, 0.05) is 18.9 Å². The Hall–Kier alpha value is -2.33. The minimum Gasteiger partial charge on any atom is -0.476 e. The van der Waals surface area contributed by atoms with Gasteiger partial charge in [0.25, 0.3) is 0 Å². The molecule has 0 amide bonds. The number of pyridine rings is 1. The molecule has 0 aliphatic carbocycles. The molecule has 2 aromatic rings. The van der Waals surface area contributed by atoms with Gasteiger partial charge in [-0.1, -0.05) is 5.21 Å². The van der Waals surface area contributed by atoms with Gasteiger partial charge >= 0.3 is 5.97 Å². The third-order valence-corrected chi connectivity index (χ3v) is 4.05. The summed E-state index contributed by atoms with van der Waals surface area (Å²) in [6.07, 6.45) is 2.82. The van der Waals surface area contributed by atoms with E-state index < -0.39 is 21.7 Å². The number of carboxylic acids is 1. The van der Waals surface area contributed by atoms with E-state index in [0.717, 1.165) is 0 Å². The number of nitrogens with zero attached hydrogens (tertiary/aromatic N) is 4. The number of hydrogen-bond donors (Lipinski definition) is 2. The molecule has 0 radical (unpaired) electrons. The quantitative estimate of drug-likeness (QED) is 0.760. The van der Waals surface area contributed by atoms with Gasteiger partial charge < -0.3 is 5.11 Å². The topological polar surface area (TPSA) is 127 Å². The molecule has 0 unspecified atom stereocenters. The van der Waals surface area contributed by atoms with E-state index >= 15 is 0 Å². The first-order valence-corrected chi connectivity index (χ1v) is 7.49. The fourth-order valence-electron chi connectivity index (χ4n) is 1.59. The van der Waals surface area contributed by atoms with Crippen molar-refractivity contribution in [3.63, 3.8) is 0 Å². The summed E-state index contributed by atoms with van der Waals surface area (Å²) in [7, 11) is -4.00. The summed E-state index contributed by atoms with van der Waals surface area (Å²) in [5, 5.41) is 16.5. The highest BCUT2D eigenvalue weighted by atomic mass is 32.2. The maximum absolute atomic E-state index is 12.1. The van der Waals surface area contributed by atoms with Gasteiger partial charge in [-0.3, -0.25) is 4.68 Å². The Labute approximate surface area is 120 Å². The van der Waals surface area contributed by atoms with Gasteiger partial charge in [-0.25, -0.2) is 22.9 Å². The molecule has 0 fully saturated rings. The molecular formula is C11H13N5O4S. The molecule has 0 bridgehead atoms. The summed E-state index contributed by atoms with van der Waals surface area (Å²) in [5.74, 6) is -1.41. The number of carbonyl (C=O) groups is 1. The number of rotatable bonds is 6. The largest absolute Gasteiger partial charge is 0.476 e. The number of aryl methyl sites for hydroxylation is 1. The average Bonchev–Trinajstić information content (AvgIpc) is 2.93. The number of aromatic nitrogens is 4. The van der Waals surface area contributed by atoms with Crippen molar-refractivity contribution in [2.24, 2.45) is 0 Å². The van der Waals surface area contributed by atoms with Gasteiger partial charge in [0.2, 0.25) is 10.0 Å². The van der Waals surface area contributed by atoms with Crippen molar-refractivity contribution in [3.8, 4) is 0 Å². The molecule has 0 aliphatic rings. The van der Waals surface area contributed by atoms with Crippen LogP contribution in [0.1, 0.15) is 23.1 Å². The molecule has 0 aliphatic heterocycles. The molecular weight excluding hydrogens is 298 g/mol.